The van der Waals surface area contributed by atoms with Crippen molar-refractivity contribution in [3.63, 3.8) is 0 Å². The van der Waals surface area contributed by atoms with Gasteiger partial charge in [0.05, 0.1) is 0 Å². The Bertz CT molecular complexity index is 2230. The molecule has 8 rings (SSSR count). The highest BCUT2D eigenvalue weighted by Crippen LogP contribution is 2.39. The fourth-order valence-electron chi connectivity index (χ4n) is 6.75. The maximum absolute atomic E-state index is 11.2. The molecule has 1 nitrogen and oxygen atoms in total. The standard InChI is InChI=1S/C49H36O/c1-34-18-19-45(43-16-8-14-41(30-43)39-24-20-37(21-25-39)35-10-4-2-5-11-35)32-47(34)48-33-46(28-29-49(48)50)44-17-9-15-42(31-44)40-26-22-38(23-27-40)36-12-6-3-7-13-36/h2-33,50H,1H3. The monoisotopic (exact) mass is 640 g/mol. The van der Waals surface area contributed by atoms with Crippen molar-refractivity contribution in [2.75, 3.05) is 0 Å². The third-order valence-electron chi connectivity index (χ3n) is 9.57. The predicted octanol–water partition coefficient (Wildman–Crippen LogP) is 13.4. The highest BCUT2D eigenvalue weighted by Gasteiger charge is 2.13. The zero-order valence-electron chi connectivity index (χ0n) is 27.9. The molecular weight excluding hydrogens is 605 g/mol. The van der Waals surface area contributed by atoms with E-state index in [1.807, 2.05) is 24.3 Å². The number of hydrogen-bond donors (Lipinski definition) is 1. The molecule has 0 unspecified atom stereocenters. The van der Waals surface area contributed by atoms with Crippen LogP contribution in [-0.4, -0.2) is 5.11 Å². The second-order valence-electron chi connectivity index (χ2n) is 12.8. The van der Waals surface area contributed by atoms with E-state index in [0.29, 0.717) is 0 Å². The molecule has 0 spiro atoms. The maximum atomic E-state index is 11.2. The lowest BCUT2D eigenvalue weighted by molar-refractivity contribution is 0.477. The zero-order chi connectivity index (χ0) is 33.9. The average molecular weight is 641 g/mol. The largest absolute Gasteiger partial charge is 0.507 e. The van der Waals surface area contributed by atoms with E-state index >= 15 is 0 Å². The topological polar surface area (TPSA) is 20.2 Å². The van der Waals surface area contributed by atoms with Gasteiger partial charge in [-0.25, -0.2) is 0 Å². The molecule has 1 heteroatoms. The lowest BCUT2D eigenvalue weighted by atomic mass is 9.91. The van der Waals surface area contributed by atoms with Crippen LogP contribution in [0.1, 0.15) is 5.56 Å². The number of aromatic hydroxyl groups is 1. The highest BCUT2D eigenvalue weighted by atomic mass is 16.3. The van der Waals surface area contributed by atoms with Crippen LogP contribution in [0, 0.1) is 6.92 Å². The minimum Gasteiger partial charge on any atom is -0.507 e. The van der Waals surface area contributed by atoms with E-state index in [0.717, 1.165) is 44.5 Å². The van der Waals surface area contributed by atoms with Crippen molar-refractivity contribution >= 4 is 0 Å². The summed E-state index contributed by atoms with van der Waals surface area (Å²) in [6.45, 7) is 2.11. The van der Waals surface area contributed by atoms with E-state index in [-0.39, 0.29) is 5.75 Å². The van der Waals surface area contributed by atoms with Gasteiger partial charge in [0.1, 0.15) is 5.75 Å². The Balaban J connectivity index is 1.09. The summed E-state index contributed by atoms with van der Waals surface area (Å²) in [5.74, 6) is 0.272. The fraction of sp³-hybridized carbons (Fsp3) is 0.0204. The van der Waals surface area contributed by atoms with Crippen LogP contribution in [0.15, 0.2) is 194 Å². The van der Waals surface area contributed by atoms with Crippen molar-refractivity contribution in [1.29, 1.82) is 0 Å². The summed E-state index contributed by atoms with van der Waals surface area (Å²) in [4.78, 5) is 0. The third kappa shape index (κ3) is 6.38. The van der Waals surface area contributed by atoms with Crippen LogP contribution in [0.2, 0.25) is 0 Å². The first kappa shape index (κ1) is 30.9. The van der Waals surface area contributed by atoms with Crippen molar-refractivity contribution in [1.82, 2.24) is 0 Å². The normalized spacial score (nSPS) is 11.0. The van der Waals surface area contributed by atoms with Crippen LogP contribution in [0.3, 0.4) is 0 Å². The number of phenolic OH excluding ortho intramolecular Hbond substituents is 1. The fourth-order valence-corrected chi connectivity index (χ4v) is 6.75. The van der Waals surface area contributed by atoms with Crippen LogP contribution in [0.25, 0.3) is 77.9 Å². The molecule has 0 radical (unpaired) electrons. The summed E-state index contributed by atoms with van der Waals surface area (Å²) in [6.07, 6.45) is 0. The van der Waals surface area contributed by atoms with Gasteiger partial charge in [0, 0.05) is 5.56 Å². The highest BCUT2D eigenvalue weighted by molar-refractivity contribution is 5.84. The molecule has 8 aromatic carbocycles. The van der Waals surface area contributed by atoms with E-state index in [2.05, 4.69) is 177 Å². The van der Waals surface area contributed by atoms with Crippen LogP contribution < -0.4 is 0 Å². The van der Waals surface area contributed by atoms with Crippen LogP contribution >= 0.6 is 0 Å². The third-order valence-corrected chi connectivity index (χ3v) is 9.57. The van der Waals surface area contributed by atoms with Gasteiger partial charge in [-0.1, -0.05) is 164 Å². The van der Waals surface area contributed by atoms with Crippen LogP contribution in [0.5, 0.6) is 5.75 Å². The molecule has 0 fully saturated rings. The molecule has 50 heavy (non-hydrogen) atoms. The van der Waals surface area contributed by atoms with Crippen LogP contribution in [-0.2, 0) is 0 Å². The maximum Gasteiger partial charge on any atom is 0.123 e. The Morgan fingerprint density at radius 3 is 1.02 bits per heavy atom. The Morgan fingerprint density at radius 2 is 0.560 bits per heavy atom. The number of hydrogen-bond acceptors (Lipinski definition) is 1. The second kappa shape index (κ2) is 13.6. The molecule has 0 aliphatic heterocycles. The van der Waals surface area contributed by atoms with E-state index in [1.165, 1.54) is 38.9 Å². The molecule has 0 bridgehead atoms. The van der Waals surface area contributed by atoms with E-state index in [1.54, 1.807) is 0 Å². The molecular formula is C49H36O. The summed E-state index contributed by atoms with van der Waals surface area (Å²) in [5.41, 5.74) is 16.9. The van der Waals surface area contributed by atoms with Crippen molar-refractivity contribution in [3.05, 3.63) is 200 Å². The molecule has 8 aromatic rings. The smallest absolute Gasteiger partial charge is 0.123 e. The van der Waals surface area contributed by atoms with E-state index in [4.69, 9.17) is 0 Å². The molecule has 0 heterocycles. The lowest BCUT2D eigenvalue weighted by Crippen LogP contribution is -1.89. The molecule has 0 saturated carbocycles. The van der Waals surface area contributed by atoms with E-state index < -0.39 is 0 Å². The molecule has 0 aliphatic rings. The van der Waals surface area contributed by atoms with Crippen molar-refractivity contribution in [2.24, 2.45) is 0 Å². The van der Waals surface area contributed by atoms with Gasteiger partial charge in [-0.2, -0.15) is 0 Å². The Morgan fingerprint density at radius 1 is 0.260 bits per heavy atom. The number of aryl methyl sites for hydroxylation is 1. The summed E-state index contributed by atoms with van der Waals surface area (Å²) >= 11 is 0. The summed E-state index contributed by atoms with van der Waals surface area (Å²) < 4.78 is 0. The summed E-state index contributed by atoms with van der Waals surface area (Å²) in [5, 5.41) is 11.2. The van der Waals surface area contributed by atoms with Gasteiger partial charge < -0.3 is 5.11 Å². The van der Waals surface area contributed by atoms with Crippen LogP contribution in [0.4, 0.5) is 0 Å². The van der Waals surface area contributed by atoms with Crippen molar-refractivity contribution in [3.8, 4) is 83.6 Å². The Kier molecular flexibility index (Phi) is 8.39. The van der Waals surface area contributed by atoms with Gasteiger partial charge in [0.15, 0.2) is 0 Å². The molecule has 1 N–H and O–H groups in total. The SMILES string of the molecule is Cc1ccc(-c2cccc(-c3ccc(-c4ccccc4)cc3)c2)cc1-c1cc(-c2cccc(-c3ccc(-c4ccccc4)cc3)c2)ccc1O. The predicted molar refractivity (Wildman–Crippen MR) is 211 cm³/mol. The second-order valence-corrected chi connectivity index (χ2v) is 12.8. The minimum absolute atomic E-state index is 0.272. The average Bonchev–Trinajstić information content (AvgIpc) is 3.19. The first-order valence-corrected chi connectivity index (χ1v) is 17.1. The summed E-state index contributed by atoms with van der Waals surface area (Å²) in [6, 6.07) is 68.2. The Labute approximate surface area is 294 Å². The number of benzene rings is 8. The van der Waals surface area contributed by atoms with Gasteiger partial charge in [-0.3, -0.25) is 0 Å². The quantitative estimate of drug-likeness (QED) is 0.184. The first-order chi connectivity index (χ1) is 24.6. The number of phenols is 1. The Hall–Kier alpha value is -6.44. The molecule has 0 saturated heterocycles. The van der Waals surface area contributed by atoms with E-state index in [9.17, 15) is 5.11 Å². The molecule has 238 valence electrons. The minimum atomic E-state index is 0.272. The van der Waals surface area contributed by atoms with Gasteiger partial charge in [0.25, 0.3) is 0 Å². The molecule has 0 atom stereocenters. The first-order valence-electron chi connectivity index (χ1n) is 17.1. The van der Waals surface area contributed by atoms with Crippen molar-refractivity contribution < 1.29 is 5.11 Å². The molecule has 0 amide bonds. The lowest BCUT2D eigenvalue weighted by Gasteiger charge is -2.14. The van der Waals surface area contributed by atoms with Gasteiger partial charge in [0.2, 0.25) is 0 Å². The van der Waals surface area contributed by atoms with Gasteiger partial charge in [-0.15, -0.1) is 0 Å². The van der Waals surface area contributed by atoms with Gasteiger partial charge in [-0.05, 0) is 115 Å². The number of rotatable bonds is 7. The molecule has 0 aliphatic carbocycles. The van der Waals surface area contributed by atoms with Gasteiger partial charge >= 0.3 is 0 Å². The zero-order valence-corrected chi connectivity index (χ0v) is 27.9. The van der Waals surface area contributed by atoms with Crippen molar-refractivity contribution in [2.45, 2.75) is 6.92 Å². The molecule has 0 aromatic heterocycles. The summed E-state index contributed by atoms with van der Waals surface area (Å²) in [7, 11) is 0.